The fraction of sp³-hybridized carbons (Fsp3) is 0.368. The van der Waals surface area contributed by atoms with Gasteiger partial charge in [-0.15, -0.1) is 0 Å². The van der Waals surface area contributed by atoms with Crippen LogP contribution in [0.4, 0.5) is 0 Å². The highest BCUT2D eigenvalue weighted by molar-refractivity contribution is 7.90. The Kier molecular flexibility index (Phi) is 6.37. The van der Waals surface area contributed by atoms with E-state index < -0.39 is 9.84 Å². The van der Waals surface area contributed by atoms with Crippen molar-refractivity contribution in [2.24, 2.45) is 5.92 Å². The highest BCUT2D eigenvalue weighted by Gasteiger charge is 2.15. The molecule has 2 aromatic rings. The fourth-order valence-corrected chi connectivity index (χ4v) is 3.37. The number of benzene rings is 1. The summed E-state index contributed by atoms with van der Waals surface area (Å²) >= 11 is 0. The predicted molar refractivity (Wildman–Crippen MR) is 100 cm³/mol. The molecule has 0 bridgehead atoms. The Morgan fingerprint density at radius 2 is 2.00 bits per heavy atom. The maximum atomic E-state index is 12.5. The highest BCUT2D eigenvalue weighted by Crippen LogP contribution is 2.18. The number of nitrogens with one attached hydrogen (secondary N) is 1. The van der Waals surface area contributed by atoms with Gasteiger partial charge in [0.15, 0.2) is 9.84 Å². The quantitative estimate of drug-likeness (QED) is 0.803. The Labute approximate surface area is 154 Å². The van der Waals surface area contributed by atoms with Crippen LogP contribution in [-0.4, -0.2) is 32.2 Å². The van der Waals surface area contributed by atoms with Gasteiger partial charge in [0.1, 0.15) is 5.56 Å². The Morgan fingerprint density at radius 3 is 2.65 bits per heavy atom. The second-order valence-corrected chi connectivity index (χ2v) is 8.60. The first-order valence-corrected chi connectivity index (χ1v) is 10.2. The van der Waals surface area contributed by atoms with Crippen LogP contribution in [0, 0.1) is 12.8 Å². The number of aryl methyl sites for hydroxylation is 1. The summed E-state index contributed by atoms with van der Waals surface area (Å²) in [7, 11) is -3.31. The van der Waals surface area contributed by atoms with Crippen LogP contribution in [0.25, 0.3) is 0 Å². The molecule has 0 atom stereocenters. The molecule has 0 saturated heterocycles. The van der Waals surface area contributed by atoms with E-state index in [2.05, 4.69) is 10.3 Å². The number of ether oxygens (including phenoxy) is 1. The molecule has 7 heteroatoms. The molecule has 140 valence electrons. The van der Waals surface area contributed by atoms with Gasteiger partial charge in [-0.1, -0.05) is 26.0 Å². The molecule has 0 spiro atoms. The van der Waals surface area contributed by atoms with E-state index in [0.717, 1.165) is 0 Å². The second kappa shape index (κ2) is 8.31. The molecule has 1 N–H and O–H groups in total. The van der Waals surface area contributed by atoms with Gasteiger partial charge in [-0.05, 0) is 42.2 Å². The Hall–Kier alpha value is -2.41. The molecule has 2 rings (SSSR count). The molecule has 0 radical (unpaired) electrons. The summed E-state index contributed by atoms with van der Waals surface area (Å²) in [6.07, 6.45) is 2.75. The van der Waals surface area contributed by atoms with E-state index in [1.165, 1.54) is 6.26 Å². The highest BCUT2D eigenvalue weighted by atomic mass is 32.2. The van der Waals surface area contributed by atoms with Crippen molar-refractivity contribution in [1.29, 1.82) is 0 Å². The molecule has 26 heavy (non-hydrogen) atoms. The summed E-state index contributed by atoms with van der Waals surface area (Å²) in [5.41, 5.74) is 1.74. The number of amides is 1. The lowest BCUT2D eigenvalue weighted by molar-refractivity contribution is 0.0945. The lowest BCUT2D eigenvalue weighted by atomic mass is 10.1. The van der Waals surface area contributed by atoms with Crippen molar-refractivity contribution in [3.8, 4) is 5.88 Å². The normalized spacial score (nSPS) is 11.4. The maximum absolute atomic E-state index is 12.5. The van der Waals surface area contributed by atoms with Crippen LogP contribution in [0.3, 0.4) is 0 Å². The van der Waals surface area contributed by atoms with E-state index in [0.29, 0.717) is 35.1 Å². The van der Waals surface area contributed by atoms with Crippen molar-refractivity contribution in [2.45, 2.75) is 32.2 Å². The van der Waals surface area contributed by atoms with E-state index in [1.807, 2.05) is 13.8 Å². The molecule has 0 aliphatic heterocycles. The minimum atomic E-state index is -3.31. The van der Waals surface area contributed by atoms with Crippen molar-refractivity contribution in [2.75, 3.05) is 12.9 Å². The van der Waals surface area contributed by atoms with Crippen LogP contribution in [0.15, 0.2) is 41.4 Å². The van der Waals surface area contributed by atoms with Gasteiger partial charge in [-0.3, -0.25) is 4.79 Å². The summed E-state index contributed by atoms with van der Waals surface area (Å²) in [6, 6.07) is 8.44. The van der Waals surface area contributed by atoms with Crippen LogP contribution in [0.1, 0.15) is 35.3 Å². The SMILES string of the molecule is Cc1ccc(CNC(=O)c2cccnc2OCC(C)C)cc1S(C)(=O)=O. The van der Waals surface area contributed by atoms with Crippen molar-refractivity contribution in [1.82, 2.24) is 10.3 Å². The van der Waals surface area contributed by atoms with Crippen LogP contribution in [0.5, 0.6) is 5.88 Å². The van der Waals surface area contributed by atoms with Crippen LogP contribution >= 0.6 is 0 Å². The lowest BCUT2D eigenvalue weighted by Crippen LogP contribution is -2.24. The topological polar surface area (TPSA) is 85.4 Å². The Morgan fingerprint density at radius 1 is 1.27 bits per heavy atom. The zero-order valence-corrected chi connectivity index (χ0v) is 16.3. The van der Waals surface area contributed by atoms with Gasteiger partial charge < -0.3 is 10.1 Å². The van der Waals surface area contributed by atoms with Gasteiger partial charge in [-0.25, -0.2) is 13.4 Å². The number of sulfone groups is 1. The monoisotopic (exact) mass is 376 g/mol. The van der Waals surface area contributed by atoms with Crippen molar-refractivity contribution >= 4 is 15.7 Å². The minimum Gasteiger partial charge on any atom is -0.477 e. The van der Waals surface area contributed by atoms with E-state index >= 15 is 0 Å². The third-order valence-corrected chi connectivity index (χ3v) is 4.91. The third kappa shape index (κ3) is 5.29. The first kappa shape index (κ1) is 19.9. The molecule has 0 unspecified atom stereocenters. The van der Waals surface area contributed by atoms with E-state index in [9.17, 15) is 13.2 Å². The molecule has 1 amide bonds. The molecule has 1 aromatic heterocycles. The van der Waals surface area contributed by atoms with Crippen molar-refractivity contribution < 1.29 is 17.9 Å². The Balaban J connectivity index is 2.13. The zero-order chi connectivity index (χ0) is 19.3. The van der Waals surface area contributed by atoms with Crippen molar-refractivity contribution in [3.05, 3.63) is 53.2 Å². The average molecular weight is 376 g/mol. The Bertz CT molecular complexity index is 892. The number of nitrogens with zero attached hydrogens (tertiary/aromatic N) is 1. The number of rotatable bonds is 7. The van der Waals surface area contributed by atoms with Gasteiger partial charge >= 0.3 is 0 Å². The molecule has 0 fully saturated rings. The van der Waals surface area contributed by atoms with Crippen LogP contribution in [0.2, 0.25) is 0 Å². The van der Waals surface area contributed by atoms with Gasteiger partial charge in [0.2, 0.25) is 5.88 Å². The molecule has 0 aliphatic rings. The summed E-state index contributed by atoms with van der Waals surface area (Å²) in [5, 5.41) is 2.79. The van der Waals surface area contributed by atoms with Gasteiger partial charge in [0, 0.05) is 19.0 Å². The summed E-state index contributed by atoms with van der Waals surface area (Å²) < 4.78 is 29.2. The molecule has 0 saturated carbocycles. The predicted octanol–water partition coefficient (Wildman–Crippen LogP) is 2.76. The maximum Gasteiger partial charge on any atom is 0.257 e. The van der Waals surface area contributed by atoms with Gasteiger partial charge in [-0.2, -0.15) is 0 Å². The standard InChI is InChI=1S/C19H24N2O4S/c1-13(2)12-25-19-16(6-5-9-20-19)18(22)21-11-15-8-7-14(3)17(10-15)26(4,23)24/h5-10,13H,11-12H2,1-4H3,(H,21,22). The summed E-state index contributed by atoms with van der Waals surface area (Å²) in [6.45, 7) is 6.44. The first-order chi connectivity index (χ1) is 12.2. The van der Waals surface area contributed by atoms with Crippen molar-refractivity contribution in [3.63, 3.8) is 0 Å². The van der Waals surface area contributed by atoms with Crippen LogP contribution in [-0.2, 0) is 16.4 Å². The number of hydrogen-bond donors (Lipinski definition) is 1. The van der Waals surface area contributed by atoms with Gasteiger partial charge in [0.05, 0.1) is 11.5 Å². The molecule has 1 heterocycles. The molecule has 0 aliphatic carbocycles. The summed E-state index contributed by atoms with van der Waals surface area (Å²) in [4.78, 5) is 16.9. The lowest BCUT2D eigenvalue weighted by Gasteiger charge is -2.12. The van der Waals surface area contributed by atoms with E-state index in [4.69, 9.17) is 4.74 Å². The summed E-state index contributed by atoms with van der Waals surface area (Å²) in [5.74, 6) is 0.285. The third-order valence-electron chi connectivity index (χ3n) is 3.67. The zero-order valence-electron chi connectivity index (χ0n) is 15.4. The van der Waals surface area contributed by atoms with Crippen LogP contribution < -0.4 is 10.1 Å². The number of pyridine rings is 1. The molecule has 6 nitrogen and oxygen atoms in total. The minimum absolute atomic E-state index is 0.208. The smallest absolute Gasteiger partial charge is 0.257 e. The second-order valence-electron chi connectivity index (χ2n) is 6.62. The number of hydrogen-bond acceptors (Lipinski definition) is 5. The number of carbonyl (C=O) groups excluding carboxylic acids is 1. The molecular weight excluding hydrogens is 352 g/mol. The van der Waals surface area contributed by atoms with Gasteiger partial charge in [0.25, 0.3) is 5.91 Å². The number of aromatic nitrogens is 1. The average Bonchev–Trinajstić information content (AvgIpc) is 2.58. The largest absolute Gasteiger partial charge is 0.477 e. The van der Waals surface area contributed by atoms with E-state index in [-0.39, 0.29) is 17.3 Å². The first-order valence-electron chi connectivity index (χ1n) is 8.34. The van der Waals surface area contributed by atoms with E-state index in [1.54, 1.807) is 43.5 Å². The fourth-order valence-electron chi connectivity index (χ4n) is 2.36. The number of carbonyl (C=O) groups is 1. The molecular formula is C19H24N2O4S. The molecule has 1 aromatic carbocycles.